The minimum atomic E-state index is 0.439. The number of aryl methyl sites for hydroxylation is 2. The van der Waals surface area contributed by atoms with Gasteiger partial charge >= 0.3 is 0 Å². The molecule has 0 atom stereocenters. The quantitative estimate of drug-likeness (QED) is 0.769. The molecule has 2 nitrogen and oxygen atoms in total. The number of anilines is 2. The van der Waals surface area contributed by atoms with Crippen LogP contribution in [0.1, 0.15) is 16.8 Å². The largest absolute Gasteiger partial charge is 0.345 e. The Hall–Kier alpha value is -1.54. The van der Waals surface area contributed by atoms with Crippen LogP contribution in [0.2, 0.25) is 0 Å². The Kier molecular flexibility index (Phi) is 3.87. The van der Waals surface area contributed by atoms with Gasteiger partial charge < -0.3 is 4.90 Å². The van der Waals surface area contributed by atoms with Gasteiger partial charge in [0.1, 0.15) is 0 Å². The van der Waals surface area contributed by atoms with E-state index in [2.05, 4.69) is 49.0 Å². The molecule has 3 heteroatoms. The van der Waals surface area contributed by atoms with E-state index in [1.807, 2.05) is 12.1 Å². The fourth-order valence-corrected chi connectivity index (χ4v) is 2.19. The summed E-state index contributed by atoms with van der Waals surface area (Å²) in [7, 11) is 2.06. The minimum Gasteiger partial charge on any atom is -0.345 e. The fraction of sp³-hybridized carbons (Fsp3) is 0.267. The molecule has 0 aliphatic carbocycles. The zero-order chi connectivity index (χ0) is 13.1. The number of nitrogens with zero attached hydrogens (tertiary/aromatic N) is 2. The normalized spacial score (nSPS) is 10.4. The van der Waals surface area contributed by atoms with Crippen molar-refractivity contribution in [2.75, 3.05) is 11.9 Å². The first-order valence-corrected chi connectivity index (χ1v) is 6.46. The molecule has 0 saturated carbocycles. The van der Waals surface area contributed by atoms with Gasteiger partial charge in [0.25, 0.3) is 0 Å². The molecular weight excluding hydrogens is 244 g/mol. The highest BCUT2D eigenvalue weighted by atomic mass is 35.5. The lowest BCUT2D eigenvalue weighted by atomic mass is 10.1. The van der Waals surface area contributed by atoms with Crippen molar-refractivity contribution in [1.29, 1.82) is 0 Å². The Morgan fingerprint density at radius 3 is 2.33 bits per heavy atom. The van der Waals surface area contributed by atoms with E-state index in [1.165, 1.54) is 16.8 Å². The molecule has 94 valence electrons. The molecular formula is C15H17ClN2. The van der Waals surface area contributed by atoms with Gasteiger partial charge in [-0.1, -0.05) is 6.07 Å². The summed E-state index contributed by atoms with van der Waals surface area (Å²) in [6.07, 6.45) is 1.80. The summed E-state index contributed by atoms with van der Waals surface area (Å²) in [5.74, 6) is 0.439. The van der Waals surface area contributed by atoms with E-state index in [0.29, 0.717) is 5.88 Å². The molecule has 2 rings (SSSR count). The van der Waals surface area contributed by atoms with Gasteiger partial charge in [-0.2, -0.15) is 0 Å². The molecule has 0 spiro atoms. The average Bonchev–Trinajstić information content (AvgIpc) is 2.37. The van der Waals surface area contributed by atoms with Crippen molar-refractivity contribution in [2.45, 2.75) is 19.7 Å². The number of alkyl halides is 1. The number of aromatic nitrogens is 1. The Labute approximate surface area is 113 Å². The molecule has 0 N–H and O–H groups in total. The smallest absolute Gasteiger partial charge is 0.0648 e. The van der Waals surface area contributed by atoms with Crippen LogP contribution in [0.3, 0.4) is 0 Å². The predicted octanol–water partition coefficient (Wildman–Crippen LogP) is 4.21. The molecule has 18 heavy (non-hydrogen) atoms. The van der Waals surface area contributed by atoms with E-state index in [1.54, 1.807) is 6.20 Å². The molecule has 1 heterocycles. The van der Waals surface area contributed by atoms with Crippen molar-refractivity contribution in [3.05, 3.63) is 53.3 Å². The summed E-state index contributed by atoms with van der Waals surface area (Å²) in [5, 5.41) is 0. The molecule has 0 amide bonds. The highest BCUT2D eigenvalue weighted by molar-refractivity contribution is 6.16. The third-order valence-electron chi connectivity index (χ3n) is 2.92. The van der Waals surface area contributed by atoms with Crippen molar-refractivity contribution in [2.24, 2.45) is 0 Å². The summed E-state index contributed by atoms with van der Waals surface area (Å²) in [6, 6.07) is 10.5. The van der Waals surface area contributed by atoms with Crippen LogP contribution in [0, 0.1) is 13.8 Å². The van der Waals surface area contributed by atoms with E-state index in [0.717, 1.165) is 11.4 Å². The Morgan fingerprint density at radius 2 is 1.72 bits per heavy atom. The number of benzene rings is 1. The number of rotatable bonds is 3. The van der Waals surface area contributed by atoms with Gasteiger partial charge in [0.15, 0.2) is 0 Å². The summed E-state index contributed by atoms with van der Waals surface area (Å²) < 4.78 is 0. The average molecular weight is 261 g/mol. The number of hydrogen-bond donors (Lipinski definition) is 0. The van der Waals surface area contributed by atoms with Gasteiger partial charge in [0.2, 0.25) is 0 Å². The van der Waals surface area contributed by atoms with Crippen LogP contribution >= 0.6 is 11.6 Å². The second kappa shape index (κ2) is 5.40. The lowest BCUT2D eigenvalue weighted by Gasteiger charge is -2.21. The maximum absolute atomic E-state index is 5.82. The third-order valence-corrected chi connectivity index (χ3v) is 3.19. The molecule has 2 aromatic rings. The molecule has 0 fully saturated rings. The first-order valence-electron chi connectivity index (χ1n) is 5.93. The van der Waals surface area contributed by atoms with Crippen molar-refractivity contribution < 1.29 is 0 Å². The molecule has 0 saturated heterocycles. The number of halogens is 1. The highest BCUT2D eigenvalue weighted by Crippen LogP contribution is 2.25. The van der Waals surface area contributed by atoms with Crippen molar-refractivity contribution in [3.63, 3.8) is 0 Å². The molecule has 1 aromatic carbocycles. The van der Waals surface area contributed by atoms with Crippen LogP contribution < -0.4 is 4.90 Å². The maximum Gasteiger partial charge on any atom is 0.0648 e. The SMILES string of the molecule is Cc1cc(C)cc(N(C)c2ccnc(CCl)c2)c1. The van der Waals surface area contributed by atoms with Crippen molar-refractivity contribution >= 4 is 23.0 Å². The van der Waals surface area contributed by atoms with E-state index < -0.39 is 0 Å². The predicted molar refractivity (Wildman–Crippen MR) is 77.8 cm³/mol. The Bertz CT molecular complexity index is 532. The topological polar surface area (TPSA) is 16.1 Å². The van der Waals surface area contributed by atoms with Crippen LogP contribution in [0.15, 0.2) is 36.5 Å². The van der Waals surface area contributed by atoms with Gasteiger partial charge in [-0.3, -0.25) is 4.98 Å². The van der Waals surface area contributed by atoms with E-state index in [4.69, 9.17) is 11.6 Å². The minimum absolute atomic E-state index is 0.439. The zero-order valence-electron chi connectivity index (χ0n) is 10.9. The summed E-state index contributed by atoms with van der Waals surface area (Å²) in [4.78, 5) is 6.36. The van der Waals surface area contributed by atoms with Crippen LogP contribution in [0.25, 0.3) is 0 Å². The van der Waals surface area contributed by atoms with Crippen LogP contribution in [-0.4, -0.2) is 12.0 Å². The van der Waals surface area contributed by atoms with Gasteiger partial charge in [-0.15, -0.1) is 11.6 Å². The lowest BCUT2D eigenvalue weighted by molar-refractivity contribution is 1.12. The Balaban J connectivity index is 2.37. The monoisotopic (exact) mass is 260 g/mol. The molecule has 0 unspecified atom stereocenters. The fourth-order valence-electron chi connectivity index (χ4n) is 2.04. The van der Waals surface area contributed by atoms with Crippen LogP contribution in [0.5, 0.6) is 0 Å². The first-order chi connectivity index (χ1) is 8.60. The second-order valence-electron chi connectivity index (χ2n) is 4.54. The number of pyridine rings is 1. The number of hydrogen-bond acceptors (Lipinski definition) is 2. The van der Waals surface area contributed by atoms with Crippen molar-refractivity contribution in [1.82, 2.24) is 4.98 Å². The highest BCUT2D eigenvalue weighted by Gasteiger charge is 2.06. The standard InChI is InChI=1S/C15H17ClN2/c1-11-6-12(2)8-15(7-11)18(3)14-4-5-17-13(9-14)10-16/h4-9H,10H2,1-3H3. The first kappa shape index (κ1) is 12.9. The van der Waals surface area contributed by atoms with Crippen molar-refractivity contribution in [3.8, 4) is 0 Å². The Morgan fingerprint density at radius 1 is 1.06 bits per heavy atom. The van der Waals surface area contributed by atoms with Crippen LogP contribution in [-0.2, 0) is 5.88 Å². The summed E-state index contributed by atoms with van der Waals surface area (Å²) in [6.45, 7) is 4.22. The van der Waals surface area contributed by atoms with E-state index in [-0.39, 0.29) is 0 Å². The van der Waals surface area contributed by atoms with Gasteiger partial charge in [-0.05, 0) is 49.2 Å². The molecule has 1 aromatic heterocycles. The second-order valence-corrected chi connectivity index (χ2v) is 4.81. The van der Waals surface area contributed by atoms with E-state index in [9.17, 15) is 0 Å². The molecule has 0 radical (unpaired) electrons. The zero-order valence-corrected chi connectivity index (χ0v) is 11.7. The maximum atomic E-state index is 5.82. The summed E-state index contributed by atoms with van der Waals surface area (Å²) >= 11 is 5.82. The van der Waals surface area contributed by atoms with E-state index >= 15 is 0 Å². The molecule has 0 bridgehead atoms. The third kappa shape index (κ3) is 2.82. The van der Waals surface area contributed by atoms with Crippen LogP contribution in [0.4, 0.5) is 11.4 Å². The van der Waals surface area contributed by atoms with Gasteiger partial charge in [0.05, 0.1) is 11.6 Å². The molecule has 0 aliphatic heterocycles. The summed E-state index contributed by atoms with van der Waals surface area (Å²) in [5.41, 5.74) is 5.71. The lowest BCUT2D eigenvalue weighted by Crippen LogP contribution is -2.10. The van der Waals surface area contributed by atoms with Gasteiger partial charge in [-0.25, -0.2) is 0 Å². The molecule has 0 aliphatic rings. The van der Waals surface area contributed by atoms with Gasteiger partial charge in [0, 0.05) is 24.6 Å².